The van der Waals surface area contributed by atoms with E-state index in [1.54, 1.807) is 11.8 Å². The number of hydrogen-bond donors (Lipinski definition) is 2. The molecule has 1 aliphatic carbocycles. The van der Waals surface area contributed by atoms with Gasteiger partial charge < -0.3 is 10.3 Å². The Hall–Kier alpha value is -2.34. The highest BCUT2D eigenvalue weighted by Crippen LogP contribution is 2.47. The van der Waals surface area contributed by atoms with Crippen molar-refractivity contribution in [3.05, 3.63) is 63.1 Å². The van der Waals surface area contributed by atoms with Gasteiger partial charge in [0.1, 0.15) is 5.82 Å². The number of fused-ring (bicyclic) bond motifs is 1. The Kier molecular flexibility index (Phi) is 5.62. The van der Waals surface area contributed by atoms with Crippen LogP contribution in [0.3, 0.4) is 0 Å². The second-order valence-corrected chi connectivity index (χ2v) is 10.5. The first-order valence-corrected chi connectivity index (χ1v) is 11.6. The molecule has 0 fully saturated rings. The van der Waals surface area contributed by atoms with E-state index in [9.17, 15) is 9.59 Å². The van der Waals surface area contributed by atoms with Gasteiger partial charge in [0.25, 0.3) is 5.56 Å². The van der Waals surface area contributed by atoms with Crippen molar-refractivity contribution in [3.8, 4) is 0 Å². The number of benzene rings is 1. The minimum absolute atomic E-state index is 0.113. The van der Waals surface area contributed by atoms with Gasteiger partial charge in [-0.05, 0) is 29.7 Å². The Labute approximate surface area is 181 Å². The molecule has 5 nitrogen and oxygen atoms in total. The molecule has 0 spiro atoms. The lowest BCUT2D eigenvalue weighted by molar-refractivity contribution is -0.118. The van der Waals surface area contributed by atoms with Crippen LogP contribution in [0.1, 0.15) is 64.0 Å². The maximum Gasteiger partial charge on any atom is 0.257 e. The second kappa shape index (κ2) is 8.06. The molecule has 30 heavy (non-hydrogen) atoms. The lowest BCUT2D eigenvalue weighted by Gasteiger charge is -2.38. The van der Waals surface area contributed by atoms with Gasteiger partial charge in [0, 0.05) is 29.4 Å². The SMILES string of the molecule is CC(C)CCSc1nc2c(c(=O)[nH]1)C(c1ccccc1)C1=C(CC(C)(C)CC1=O)N2. The third-order valence-electron chi connectivity index (χ3n) is 5.77. The molecule has 0 saturated carbocycles. The summed E-state index contributed by atoms with van der Waals surface area (Å²) in [4.78, 5) is 34.1. The van der Waals surface area contributed by atoms with Crippen LogP contribution in [0.15, 0.2) is 51.6 Å². The van der Waals surface area contributed by atoms with Crippen LogP contribution in [-0.4, -0.2) is 21.5 Å². The van der Waals surface area contributed by atoms with Crippen LogP contribution < -0.4 is 10.9 Å². The molecule has 0 saturated heterocycles. The first-order valence-electron chi connectivity index (χ1n) is 10.6. The monoisotopic (exact) mass is 423 g/mol. The Bertz CT molecular complexity index is 1050. The van der Waals surface area contributed by atoms with Crippen molar-refractivity contribution in [3.63, 3.8) is 0 Å². The number of nitrogens with one attached hydrogen (secondary N) is 2. The number of carbonyl (C=O) groups is 1. The van der Waals surface area contributed by atoms with Crippen molar-refractivity contribution in [2.24, 2.45) is 11.3 Å². The van der Waals surface area contributed by atoms with Crippen LogP contribution in [0.25, 0.3) is 0 Å². The molecule has 2 aromatic rings. The number of carbonyl (C=O) groups excluding carboxylic acids is 1. The molecule has 0 amide bonds. The van der Waals surface area contributed by atoms with E-state index >= 15 is 0 Å². The summed E-state index contributed by atoms with van der Waals surface area (Å²) in [5.41, 5.74) is 2.85. The normalized spacial score (nSPS) is 20.0. The van der Waals surface area contributed by atoms with Crippen molar-refractivity contribution in [1.29, 1.82) is 0 Å². The molecule has 158 valence electrons. The number of rotatable bonds is 5. The highest BCUT2D eigenvalue weighted by Gasteiger charge is 2.42. The maximum absolute atomic E-state index is 13.2. The predicted octanol–water partition coefficient (Wildman–Crippen LogP) is 5.11. The molecule has 1 aromatic heterocycles. The number of ketones is 1. The fraction of sp³-hybridized carbons (Fsp3) is 0.458. The quantitative estimate of drug-likeness (QED) is 0.516. The van der Waals surface area contributed by atoms with E-state index in [0.29, 0.717) is 28.9 Å². The molecule has 1 aliphatic heterocycles. The molecule has 0 radical (unpaired) electrons. The number of hydrogen-bond acceptors (Lipinski definition) is 5. The van der Waals surface area contributed by atoms with Gasteiger partial charge in [-0.25, -0.2) is 4.98 Å². The van der Waals surface area contributed by atoms with Gasteiger partial charge >= 0.3 is 0 Å². The van der Waals surface area contributed by atoms with Gasteiger partial charge in [-0.3, -0.25) is 9.59 Å². The van der Waals surface area contributed by atoms with Gasteiger partial charge in [-0.1, -0.05) is 69.8 Å². The van der Waals surface area contributed by atoms with Crippen LogP contribution in [0.2, 0.25) is 0 Å². The van der Waals surface area contributed by atoms with E-state index in [0.717, 1.165) is 35.4 Å². The van der Waals surface area contributed by atoms with Gasteiger partial charge in [-0.2, -0.15) is 0 Å². The third-order valence-corrected chi connectivity index (χ3v) is 6.67. The van der Waals surface area contributed by atoms with E-state index in [1.807, 2.05) is 30.3 Å². The van der Waals surface area contributed by atoms with E-state index in [4.69, 9.17) is 4.98 Å². The topological polar surface area (TPSA) is 74.8 Å². The molecule has 2 aliphatic rings. The van der Waals surface area contributed by atoms with Gasteiger partial charge in [0.2, 0.25) is 0 Å². The van der Waals surface area contributed by atoms with Crippen LogP contribution in [0.4, 0.5) is 5.82 Å². The van der Waals surface area contributed by atoms with E-state index < -0.39 is 0 Å². The second-order valence-electron chi connectivity index (χ2n) is 9.47. The average molecular weight is 424 g/mol. The largest absolute Gasteiger partial charge is 0.343 e. The minimum atomic E-state index is -0.382. The summed E-state index contributed by atoms with van der Waals surface area (Å²) in [6.45, 7) is 8.60. The zero-order valence-electron chi connectivity index (χ0n) is 18.0. The minimum Gasteiger partial charge on any atom is -0.343 e. The van der Waals surface area contributed by atoms with E-state index in [-0.39, 0.29) is 22.7 Å². The van der Waals surface area contributed by atoms with E-state index in [1.165, 1.54) is 0 Å². The fourth-order valence-corrected chi connectivity index (χ4v) is 5.44. The van der Waals surface area contributed by atoms with Crippen LogP contribution in [0, 0.1) is 11.3 Å². The highest BCUT2D eigenvalue weighted by atomic mass is 32.2. The molecule has 0 bridgehead atoms. The molecule has 1 unspecified atom stereocenters. The number of aromatic amines is 1. The number of allylic oxidation sites excluding steroid dienone is 2. The Morgan fingerprint density at radius 3 is 2.60 bits per heavy atom. The summed E-state index contributed by atoms with van der Waals surface area (Å²) < 4.78 is 0. The number of Topliss-reactive ketones (excluding diaryl/α,β-unsaturated/α-hetero) is 1. The van der Waals surface area contributed by atoms with Crippen molar-refractivity contribution in [2.45, 2.75) is 58.0 Å². The van der Waals surface area contributed by atoms with Crippen LogP contribution in [-0.2, 0) is 4.79 Å². The summed E-state index contributed by atoms with van der Waals surface area (Å²) in [5, 5.41) is 4.01. The van der Waals surface area contributed by atoms with Crippen LogP contribution in [0.5, 0.6) is 0 Å². The molecule has 1 atom stereocenters. The van der Waals surface area contributed by atoms with Gasteiger partial charge in [0.15, 0.2) is 10.9 Å². The summed E-state index contributed by atoms with van der Waals surface area (Å²) in [5.74, 6) is 1.82. The van der Waals surface area contributed by atoms with Crippen molar-refractivity contribution in [2.75, 3.05) is 11.1 Å². The lowest BCUT2D eigenvalue weighted by Crippen LogP contribution is -2.37. The van der Waals surface area contributed by atoms with Gasteiger partial charge in [0.05, 0.1) is 5.56 Å². The zero-order chi connectivity index (χ0) is 21.5. The molecular formula is C24H29N3O2S. The first-order chi connectivity index (χ1) is 14.2. The average Bonchev–Trinajstić information content (AvgIpc) is 2.65. The van der Waals surface area contributed by atoms with Gasteiger partial charge in [-0.15, -0.1) is 0 Å². The van der Waals surface area contributed by atoms with Crippen molar-refractivity contribution in [1.82, 2.24) is 9.97 Å². The maximum atomic E-state index is 13.2. The Morgan fingerprint density at radius 1 is 1.17 bits per heavy atom. The smallest absolute Gasteiger partial charge is 0.257 e. The number of H-pyrrole nitrogens is 1. The first kappa shape index (κ1) is 20.9. The fourth-order valence-electron chi connectivity index (χ4n) is 4.33. The third kappa shape index (κ3) is 4.10. The molecule has 1 aromatic carbocycles. The summed E-state index contributed by atoms with van der Waals surface area (Å²) in [7, 11) is 0. The Balaban J connectivity index is 1.81. The number of thioether (sulfide) groups is 1. The molecule has 4 rings (SSSR count). The standard InChI is InChI=1S/C24H29N3O2S/c1-14(2)10-11-30-23-26-21-20(22(29)27-23)18(15-8-6-5-7-9-15)19-16(25-21)12-24(3,4)13-17(19)28/h5-9,14,18H,10-13H2,1-4H3,(H2,25,26,27,29). The Morgan fingerprint density at radius 2 is 1.90 bits per heavy atom. The number of nitrogens with zero attached hydrogens (tertiary/aromatic N) is 1. The number of aromatic nitrogens is 2. The summed E-state index contributed by atoms with van der Waals surface area (Å²) >= 11 is 1.57. The van der Waals surface area contributed by atoms with E-state index in [2.05, 4.69) is 38.0 Å². The summed E-state index contributed by atoms with van der Waals surface area (Å²) in [6.07, 6.45) is 2.31. The predicted molar refractivity (Wildman–Crippen MR) is 122 cm³/mol. The van der Waals surface area contributed by atoms with Crippen LogP contribution >= 0.6 is 11.8 Å². The molecular weight excluding hydrogens is 394 g/mol. The lowest BCUT2D eigenvalue weighted by atomic mass is 9.69. The number of anilines is 1. The molecule has 2 N–H and O–H groups in total. The van der Waals surface area contributed by atoms with Crippen molar-refractivity contribution < 1.29 is 4.79 Å². The zero-order valence-corrected chi connectivity index (χ0v) is 18.9. The molecule has 2 heterocycles. The highest BCUT2D eigenvalue weighted by molar-refractivity contribution is 7.99. The molecule has 6 heteroatoms. The summed E-state index contributed by atoms with van der Waals surface area (Å²) in [6, 6.07) is 9.83. The van der Waals surface area contributed by atoms with Crippen molar-refractivity contribution >= 4 is 23.4 Å².